The molecule has 0 atom stereocenters. The maximum absolute atomic E-state index is 12.0. The normalized spacial score (nSPS) is 15.1. The minimum atomic E-state index is -0.892. The first-order valence-electron chi connectivity index (χ1n) is 9.31. The summed E-state index contributed by atoms with van der Waals surface area (Å²) in [4.78, 5) is 23.9. The van der Waals surface area contributed by atoms with Crippen molar-refractivity contribution in [1.82, 2.24) is 5.43 Å². The molecule has 0 spiro atoms. The molecular formula is C21H22ClN3O5. The summed E-state index contributed by atoms with van der Waals surface area (Å²) in [5.41, 5.74) is 3.72. The van der Waals surface area contributed by atoms with Gasteiger partial charge in [-0.1, -0.05) is 23.7 Å². The van der Waals surface area contributed by atoms with Gasteiger partial charge in [0.25, 0.3) is 5.91 Å². The quantitative estimate of drug-likeness (QED) is 0.494. The van der Waals surface area contributed by atoms with Crippen LogP contribution < -0.4 is 15.5 Å². The Morgan fingerprint density at radius 3 is 2.53 bits per heavy atom. The topological polar surface area (TPSA) is 98.2 Å². The van der Waals surface area contributed by atoms with Crippen molar-refractivity contribution in [3.05, 3.63) is 59.1 Å². The lowest BCUT2D eigenvalue weighted by molar-refractivity contribution is -0.159. The zero-order valence-electron chi connectivity index (χ0n) is 16.4. The smallest absolute Gasteiger partial charge is 0.262 e. The van der Waals surface area contributed by atoms with Gasteiger partial charge in [0, 0.05) is 0 Å². The second-order valence-corrected chi connectivity index (χ2v) is 7.09. The van der Waals surface area contributed by atoms with Crippen LogP contribution in [0.3, 0.4) is 0 Å². The predicted molar refractivity (Wildman–Crippen MR) is 113 cm³/mol. The molecule has 0 bridgehead atoms. The second kappa shape index (κ2) is 10.2. The average molecular weight is 432 g/mol. The Hall–Kier alpha value is -2.94. The fourth-order valence-electron chi connectivity index (χ4n) is 2.72. The number of carbonyl (C=O) groups excluding carboxylic acids is 2. The van der Waals surface area contributed by atoms with E-state index in [0.29, 0.717) is 29.7 Å². The molecule has 9 heteroatoms. The third-order valence-corrected chi connectivity index (χ3v) is 4.51. The highest BCUT2D eigenvalue weighted by atomic mass is 35.5. The summed E-state index contributed by atoms with van der Waals surface area (Å²) in [7, 11) is 0. The molecule has 0 aliphatic carbocycles. The van der Waals surface area contributed by atoms with Crippen molar-refractivity contribution < 1.29 is 23.8 Å². The van der Waals surface area contributed by atoms with Crippen molar-refractivity contribution in [3.63, 3.8) is 0 Å². The van der Waals surface area contributed by atoms with E-state index >= 15 is 0 Å². The molecule has 2 aromatic carbocycles. The first-order chi connectivity index (χ1) is 14.4. The van der Waals surface area contributed by atoms with Gasteiger partial charge in [0.05, 0.1) is 36.6 Å². The van der Waals surface area contributed by atoms with Crippen molar-refractivity contribution >= 4 is 35.3 Å². The monoisotopic (exact) mass is 431 g/mol. The largest absolute Gasteiger partial charge is 0.484 e. The minimum absolute atomic E-state index is 0.0629. The maximum Gasteiger partial charge on any atom is 0.262 e. The molecule has 1 fully saturated rings. The lowest BCUT2D eigenvalue weighted by atomic mass is 10.2. The standard InChI is InChI=1S/C21H22ClN3O5/c1-21(29-10-11-30-21)12-19(26)25-23-13-15-6-8-16(9-7-15)28-14-20(27)24-18-5-3-2-4-17(18)22/h2-9,13H,10-12,14H2,1H3,(H,24,27)(H,25,26)/b23-13+. The molecule has 2 N–H and O–H groups in total. The number of halogens is 1. The number of benzene rings is 2. The third kappa shape index (κ3) is 6.55. The summed E-state index contributed by atoms with van der Waals surface area (Å²) in [5.74, 6) is -0.994. The summed E-state index contributed by atoms with van der Waals surface area (Å²) in [6, 6.07) is 13.9. The van der Waals surface area contributed by atoms with Crippen molar-refractivity contribution in [2.45, 2.75) is 19.1 Å². The van der Waals surface area contributed by atoms with E-state index in [1.807, 2.05) is 0 Å². The summed E-state index contributed by atoms with van der Waals surface area (Å²) >= 11 is 6.01. The molecule has 0 aromatic heterocycles. The number of carbonyl (C=O) groups is 2. The molecule has 158 valence electrons. The number of hydrazone groups is 1. The van der Waals surface area contributed by atoms with E-state index in [1.54, 1.807) is 55.5 Å². The second-order valence-electron chi connectivity index (χ2n) is 6.69. The van der Waals surface area contributed by atoms with E-state index in [0.717, 1.165) is 5.56 Å². The first kappa shape index (κ1) is 21.8. The van der Waals surface area contributed by atoms with E-state index in [1.165, 1.54) is 6.21 Å². The summed E-state index contributed by atoms with van der Waals surface area (Å²) in [6.07, 6.45) is 1.57. The molecule has 0 radical (unpaired) electrons. The Bertz CT molecular complexity index is 911. The minimum Gasteiger partial charge on any atom is -0.484 e. The fraction of sp³-hybridized carbons (Fsp3) is 0.286. The van der Waals surface area contributed by atoms with Crippen LogP contribution in [0.4, 0.5) is 5.69 Å². The van der Waals surface area contributed by atoms with E-state index in [2.05, 4.69) is 15.8 Å². The molecule has 2 amide bonds. The number of rotatable bonds is 8. The predicted octanol–water partition coefficient (Wildman–Crippen LogP) is 2.96. The molecular weight excluding hydrogens is 410 g/mol. The van der Waals surface area contributed by atoms with Crippen LogP contribution in [-0.2, 0) is 19.1 Å². The lowest BCUT2D eigenvalue weighted by Crippen LogP contribution is -2.33. The van der Waals surface area contributed by atoms with Crippen LogP contribution in [0.15, 0.2) is 53.6 Å². The van der Waals surface area contributed by atoms with Gasteiger partial charge >= 0.3 is 0 Å². The Morgan fingerprint density at radius 2 is 1.83 bits per heavy atom. The van der Waals surface area contributed by atoms with Crippen LogP contribution in [0, 0.1) is 0 Å². The summed E-state index contributed by atoms with van der Waals surface area (Å²) in [5, 5.41) is 7.06. The first-order valence-corrected chi connectivity index (χ1v) is 9.68. The van der Waals surface area contributed by atoms with Gasteiger partial charge in [-0.15, -0.1) is 0 Å². The third-order valence-electron chi connectivity index (χ3n) is 4.18. The van der Waals surface area contributed by atoms with Crippen molar-refractivity contribution in [1.29, 1.82) is 0 Å². The Balaban J connectivity index is 1.42. The number of nitrogens with one attached hydrogen (secondary N) is 2. The molecule has 3 rings (SSSR count). The number of nitrogens with zero attached hydrogens (tertiary/aromatic N) is 1. The van der Waals surface area contributed by atoms with Gasteiger partial charge in [-0.25, -0.2) is 5.43 Å². The van der Waals surface area contributed by atoms with E-state index in [9.17, 15) is 9.59 Å². The van der Waals surface area contributed by atoms with Crippen molar-refractivity contribution in [2.24, 2.45) is 5.10 Å². The molecule has 2 aromatic rings. The Kier molecular flexibility index (Phi) is 7.40. The van der Waals surface area contributed by atoms with Gasteiger partial charge in [-0.05, 0) is 48.9 Å². The van der Waals surface area contributed by atoms with Crippen LogP contribution in [0.5, 0.6) is 5.75 Å². The van der Waals surface area contributed by atoms with Crippen LogP contribution in [-0.4, -0.2) is 43.6 Å². The van der Waals surface area contributed by atoms with Crippen molar-refractivity contribution in [3.8, 4) is 5.75 Å². The average Bonchev–Trinajstić information content (AvgIpc) is 3.15. The SMILES string of the molecule is CC1(CC(=O)N/N=C/c2ccc(OCC(=O)Nc3ccccc3Cl)cc2)OCCO1. The van der Waals surface area contributed by atoms with E-state index in [4.69, 9.17) is 25.8 Å². The van der Waals surface area contributed by atoms with Crippen LogP contribution in [0.1, 0.15) is 18.9 Å². The Morgan fingerprint density at radius 1 is 1.13 bits per heavy atom. The molecule has 1 aliphatic rings. The number of hydrogen-bond acceptors (Lipinski definition) is 6. The number of anilines is 1. The lowest BCUT2D eigenvalue weighted by Gasteiger charge is -2.20. The zero-order valence-corrected chi connectivity index (χ0v) is 17.1. The van der Waals surface area contributed by atoms with Crippen LogP contribution in [0.2, 0.25) is 5.02 Å². The van der Waals surface area contributed by atoms with Gasteiger partial charge < -0.3 is 19.5 Å². The number of hydrogen-bond donors (Lipinski definition) is 2. The molecule has 1 heterocycles. The molecule has 1 saturated heterocycles. The zero-order chi connectivity index (χ0) is 21.4. The van der Waals surface area contributed by atoms with Gasteiger partial charge in [-0.2, -0.15) is 5.10 Å². The molecule has 1 aliphatic heterocycles. The maximum atomic E-state index is 12.0. The highest BCUT2D eigenvalue weighted by Crippen LogP contribution is 2.22. The number of amides is 2. The van der Waals surface area contributed by atoms with E-state index < -0.39 is 5.79 Å². The van der Waals surface area contributed by atoms with E-state index in [-0.39, 0.29) is 24.8 Å². The molecule has 30 heavy (non-hydrogen) atoms. The highest BCUT2D eigenvalue weighted by molar-refractivity contribution is 6.33. The van der Waals surface area contributed by atoms with Gasteiger partial charge in [-0.3, -0.25) is 9.59 Å². The molecule has 0 unspecified atom stereocenters. The number of para-hydroxylation sites is 1. The summed E-state index contributed by atoms with van der Waals surface area (Å²) < 4.78 is 16.2. The fourth-order valence-corrected chi connectivity index (χ4v) is 2.90. The van der Waals surface area contributed by atoms with Crippen molar-refractivity contribution in [2.75, 3.05) is 25.1 Å². The molecule has 8 nitrogen and oxygen atoms in total. The van der Waals surface area contributed by atoms with Gasteiger partial charge in [0.15, 0.2) is 12.4 Å². The van der Waals surface area contributed by atoms with Gasteiger partial charge in [0.1, 0.15) is 5.75 Å². The van der Waals surface area contributed by atoms with Crippen LogP contribution >= 0.6 is 11.6 Å². The highest BCUT2D eigenvalue weighted by Gasteiger charge is 2.33. The molecule has 0 saturated carbocycles. The Labute approximate surface area is 179 Å². The van der Waals surface area contributed by atoms with Crippen LogP contribution in [0.25, 0.3) is 0 Å². The number of ether oxygens (including phenoxy) is 3. The van der Waals surface area contributed by atoms with Gasteiger partial charge in [0.2, 0.25) is 5.91 Å². The summed E-state index contributed by atoms with van der Waals surface area (Å²) in [6.45, 7) is 2.51.